The van der Waals surface area contributed by atoms with Crippen LogP contribution in [0.1, 0.15) is 26.3 Å². The van der Waals surface area contributed by atoms with E-state index < -0.39 is 5.97 Å². The number of rotatable bonds is 14. The summed E-state index contributed by atoms with van der Waals surface area (Å²) >= 11 is 0. The lowest BCUT2D eigenvalue weighted by molar-refractivity contribution is 0.0322. The van der Waals surface area contributed by atoms with Crippen LogP contribution in [0.5, 0.6) is 23.0 Å². The van der Waals surface area contributed by atoms with E-state index in [9.17, 15) is 9.59 Å². The fourth-order valence-electron chi connectivity index (χ4n) is 3.11. The van der Waals surface area contributed by atoms with Gasteiger partial charge < -0.3 is 33.2 Å². The zero-order valence-electron chi connectivity index (χ0n) is 20.8. The lowest BCUT2D eigenvalue weighted by Crippen LogP contribution is -2.11. The molecule has 0 spiro atoms. The number of methoxy groups -OCH3 is 3. The summed E-state index contributed by atoms with van der Waals surface area (Å²) in [4.78, 5) is 25.8. The van der Waals surface area contributed by atoms with Gasteiger partial charge in [0.05, 0.1) is 11.1 Å². The summed E-state index contributed by atoms with van der Waals surface area (Å²) in [5, 5.41) is 0. The molecule has 0 saturated heterocycles. The summed E-state index contributed by atoms with van der Waals surface area (Å²) in [5.74, 6) is 0.339. The molecule has 0 radical (unpaired) electrons. The highest BCUT2D eigenvalue weighted by Gasteiger charge is 2.17. The molecular formula is C28H28O9. The second-order valence-electron chi connectivity index (χ2n) is 7.47. The maximum Gasteiger partial charge on any atom is 0.343 e. The Morgan fingerprint density at radius 3 is 2.08 bits per heavy atom. The molecule has 3 aromatic carbocycles. The molecule has 0 amide bonds. The molecule has 9 nitrogen and oxygen atoms in total. The van der Waals surface area contributed by atoms with Crippen LogP contribution in [0.15, 0.2) is 72.8 Å². The minimum absolute atomic E-state index is 0.00314. The van der Waals surface area contributed by atoms with Crippen LogP contribution in [-0.4, -0.2) is 53.5 Å². The van der Waals surface area contributed by atoms with Crippen LogP contribution < -0.4 is 18.9 Å². The third-order valence-electron chi connectivity index (χ3n) is 4.83. The van der Waals surface area contributed by atoms with Crippen molar-refractivity contribution >= 4 is 17.8 Å². The van der Waals surface area contributed by atoms with Gasteiger partial charge in [-0.05, 0) is 48.0 Å². The molecular weight excluding hydrogens is 480 g/mol. The molecule has 0 aliphatic rings. The first kappa shape index (κ1) is 27.4. The normalized spacial score (nSPS) is 10.8. The maximum atomic E-state index is 13.1. The molecule has 37 heavy (non-hydrogen) atoms. The Kier molecular flexibility index (Phi) is 10.7. The summed E-state index contributed by atoms with van der Waals surface area (Å²) in [5.41, 5.74) is 1.20. The van der Waals surface area contributed by atoms with Crippen molar-refractivity contribution in [3.05, 3.63) is 89.5 Å². The highest BCUT2D eigenvalue weighted by molar-refractivity contribution is 6.09. The maximum absolute atomic E-state index is 13.1. The molecule has 3 rings (SSSR count). The largest absolute Gasteiger partial charge is 0.467 e. The van der Waals surface area contributed by atoms with E-state index in [1.807, 2.05) is 0 Å². The molecule has 0 aromatic heterocycles. The van der Waals surface area contributed by atoms with Crippen LogP contribution in [0.2, 0.25) is 0 Å². The first-order valence-electron chi connectivity index (χ1n) is 11.2. The number of hydrogen-bond acceptors (Lipinski definition) is 9. The molecule has 9 heteroatoms. The van der Waals surface area contributed by atoms with Crippen molar-refractivity contribution in [2.24, 2.45) is 0 Å². The van der Waals surface area contributed by atoms with Crippen molar-refractivity contribution in [3.63, 3.8) is 0 Å². The van der Waals surface area contributed by atoms with E-state index in [4.69, 9.17) is 33.2 Å². The van der Waals surface area contributed by atoms with Crippen molar-refractivity contribution < 1.29 is 42.7 Å². The van der Waals surface area contributed by atoms with Crippen molar-refractivity contribution in [1.82, 2.24) is 0 Å². The van der Waals surface area contributed by atoms with Crippen LogP contribution in [0.3, 0.4) is 0 Å². The molecule has 0 aliphatic heterocycles. The molecule has 0 bridgehead atoms. The van der Waals surface area contributed by atoms with Gasteiger partial charge in [-0.2, -0.15) is 0 Å². The van der Waals surface area contributed by atoms with Gasteiger partial charge in [0.2, 0.25) is 0 Å². The summed E-state index contributed by atoms with van der Waals surface area (Å²) in [6.07, 6.45) is 2.98. The summed E-state index contributed by atoms with van der Waals surface area (Å²) < 4.78 is 36.9. The fourth-order valence-corrected chi connectivity index (χ4v) is 3.11. The third kappa shape index (κ3) is 8.18. The van der Waals surface area contributed by atoms with E-state index in [1.54, 1.807) is 60.7 Å². The lowest BCUT2D eigenvalue weighted by atomic mass is 10.1. The molecule has 0 fully saturated rings. The quantitative estimate of drug-likeness (QED) is 0.100. The van der Waals surface area contributed by atoms with Gasteiger partial charge in [-0.15, -0.1) is 0 Å². The first-order valence-corrected chi connectivity index (χ1v) is 11.2. The van der Waals surface area contributed by atoms with Gasteiger partial charge >= 0.3 is 5.97 Å². The fraction of sp³-hybridized carbons (Fsp3) is 0.214. The molecule has 0 heterocycles. The van der Waals surface area contributed by atoms with Crippen molar-refractivity contribution in [1.29, 1.82) is 0 Å². The Morgan fingerprint density at radius 2 is 1.38 bits per heavy atom. The van der Waals surface area contributed by atoms with E-state index in [1.165, 1.54) is 39.5 Å². The van der Waals surface area contributed by atoms with Crippen LogP contribution >= 0.6 is 0 Å². The standard InChI is InChI=1S/C28H28O9/c1-31-17-34-22-11-12-23(26(16-22)37-28(30)21-7-5-4-6-8-21)24(29)13-9-20-10-14-25(35-18-32-2)27(15-20)36-19-33-3/h4-16H,17-19H2,1-3H3/b13-9+. The van der Waals surface area contributed by atoms with Crippen LogP contribution in [0, 0.1) is 0 Å². The van der Waals surface area contributed by atoms with Gasteiger partial charge in [0.15, 0.2) is 37.7 Å². The number of carbonyl (C=O) groups is 2. The van der Waals surface area contributed by atoms with Crippen LogP contribution in [0.4, 0.5) is 0 Å². The van der Waals surface area contributed by atoms with Gasteiger partial charge in [0, 0.05) is 27.4 Å². The lowest BCUT2D eigenvalue weighted by Gasteiger charge is -2.12. The Bertz CT molecular complexity index is 1210. The zero-order valence-corrected chi connectivity index (χ0v) is 20.8. The number of benzene rings is 3. The number of ketones is 1. The zero-order chi connectivity index (χ0) is 26.5. The number of carbonyl (C=O) groups excluding carboxylic acids is 2. The molecule has 0 aliphatic carbocycles. The van der Waals surface area contributed by atoms with Crippen molar-refractivity contribution in [2.45, 2.75) is 0 Å². The van der Waals surface area contributed by atoms with E-state index in [2.05, 4.69) is 0 Å². The van der Waals surface area contributed by atoms with Gasteiger partial charge in [-0.1, -0.05) is 30.3 Å². The summed E-state index contributed by atoms with van der Waals surface area (Å²) in [7, 11) is 4.51. The molecule has 0 N–H and O–H groups in total. The predicted octanol–water partition coefficient (Wildman–Crippen LogP) is 4.75. The van der Waals surface area contributed by atoms with Gasteiger partial charge in [-0.25, -0.2) is 4.79 Å². The van der Waals surface area contributed by atoms with E-state index >= 15 is 0 Å². The van der Waals surface area contributed by atoms with Gasteiger partial charge in [-0.3, -0.25) is 4.79 Å². The molecule has 3 aromatic rings. The van der Waals surface area contributed by atoms with E-state index in [0.717, 1.165) is 0 Å². The Balaban J connectivity index is 1.85. The minimum atomic E-state index is -0.603. The summed E-state index contributed by atoms with van der Waals surface area (Å²) in [6.45, 7) is 0.0610. The first-order chi connectivity index (χ1) is 18.0. The van der Waals surface area contributed by atoms with Gasteiger partial charge in [0.1, 0.15) is 11.5 Å². The smallest absolute Gasteiger partial charge is 0.343 e. The third-order valence-corrected chi connectivity index (χ3v) is 4.83. The second kappa shape index (κ2) is 14.4. The van der Waals surface area contributed by atoms with E-state index in [-0.39, 0.29) is 37.5 Å². The highest BCUT2D eigenvalue weighted by atomic mass is 16.7. The molecule has 0 unspecified atom stereocenters. The minimum Gasteiger partial charge on any atom is -0.467 e. The Labute approximate surface area is 215 Å². The average Bonchev–Trinajstić information content (AvgIpc) is 2.93. The van der Waals surface area contributed by atoms with Crippen LogP contribution in [0.25, 0.3) is 6.08 Å². The number of ether oxygens (including phenoxy) is 7. The SMILES string of the molecule is COCOc1ccc(C(=O)/C=C/c2ccc(OCOC)c(OCOC)c2)c(OC(=O)c2ccccc2)c1. The Morgan fingerprint density at radius 1 is 0.703 bits per heavy atom. The molecule has 194 valence electrons. The average molecular weight is 509 g/mol. The highest BCUT2D eigenvalue weighted by Crippen LogP contribution is 2.30. The second-order valence-corrected chi connectivity index (χ2v) is 7.47. The van der Waals surface area contributed by atoms with Crippen molar-refractivity contribution in [2.75, 3.05) is 41.7 Å². The summed E-state index contributed by atoms with van der Waals surface area (Å²) in [6, 6.07) is 18.2. The van der Waals surface area contributed by atoms with E-state index in [0.29, 0.717) is 28.4 Å². The number of allylic oxidation sites excluding steroid dienone is 1. The number of hydrogen-bond donors (Lipinski definition) is 0. The molecule has 0 saturated carbocycles. The monoisotopic (exact) mass is 508 g/mol. The van der Waals surface area contributed by atoms with Crippen LogP contribution in [-0.2, 0) is 14.2 Å². The topological polar surface area (TPSA) is 98.8 Å². The molecule has 0 atom stereocenters. The van der Waals surface area contributed by atoms with Gasteiger partial charge in [0.25, 0.3) is 0 Å². The number of esters is 1. The predicted molar refractivity (Wildman–Crippen MR) is 135 cm³/mol. The van der Waals surface area contributed by atoms with Crippen molar-refractivity contribution in [3.8, 4) is 23.0 Å². The Hall–Kier alpha value is -4.18.